The largest absolute Gasteiger partial charge is 0.429 e. The summed E-state index contributed by atoms with van der Waals surface area (Å²) in [6.45, 7) is 3.79. The van der Waals surface area contributed by atoms with Crippen LogP contribution in [-0.2, 0) is 17.9 Å². The number of furan rings is 1. The van der Waals surface area contributed by atoms with Crippen molar-refractivity contribution < 1.29 is 13.9 Å². The Balaban J connectivity index is 1.25. The molecule has 3 heterocycles. The molecule has 1 saturated heterocycles. The number of nitrogens with zero attached hydrogens (tertiary/aromatic N) is 6. The number of hydrogen-bond donors (Lipinski definition) is 0. The number of hydrogen-bond acceptors (Lipinski definition) is 7. The van der Waals surface area contributed by atoms with Gasteiger partial charge in [-0.3, -0.25) is 9.69 Å². The van der Waals surface area contributed by atoms with Gasteiger partial charge in [0, 0.05) is 32.2 Å². The monoisotopic (exact) mass is 368 g/mol. The van der Waals surface area contributed by atoms with Gasteiger partial charge in [0.15, 0.2) is 0 Å². The van der Waals surface area contributed by atoms with Gasteiger partial charge in [-0.1, -0.05) is 18.2 Å². The topological polar surface area (TPSA) is 89.5 Å². The van der Waals surface area contributed by atoms with E-state index in [9.17, 15) is 4.79 Å². The van der Waals surface area contributed by atoms with Gasteiger partial charge in [-0.15, -0.1) is 5.10 Å². The predicted molar refractivity (Wildman–Crippen MR) is 94.9 cm³/mol. The van der Waals surface area contributed by atoms with Gasteiger partial charge in [0.25, 0.3) is 5.95 Å². The number of ether oxygens (including phenoxy) is 1. The number of para-hydroxylation sites is 1. The third-order valence-corrected chi connectivity index (χ3v) is 4.39. The van der Waals surface area contributed by atoms with E-state index in [1.54, 1.807) is 0 Å². The minimum absolute atomic E-state index is 0.0264. The molecule has 0 unspecified atom stereocenters. The first-order chi connectivity index (χ1) is 13.3. The Labute approximate surface area is 156 Å². The van der Waals surface area contributed by atoms with E-state index in [0.717, 1.165) is 24.6 Å². The summed E-state index contributed by atoms with van der Waals surface area (Å²) >= 11 is 0. The highest BCUT2D eigenvalue weighted by Crippen LogP contribution is 2.24. The van der Waals surface area contributed by atoms with Crippen LogP contribution in [0.25, 0.3) is 0 Å². The van der Waals surface area contributed by atoms with Crippen LogP contribution >= 0.6 is 0 Å². The van der Waals surface area contributed by atoms with Crippen molar-refractivity contribution in [2.45, 2.75) is 13.1 Å². The average molecular weight is 368 g/mol. The van der Waals surface area contributed by atoms with Crippen LogP contribution < -0.4 is 4.74 Å². The standard InChI is InChI=1S/C18H20N6O3/c25-17(13-24-14-19-20-21-24)23-10-8-22(9-11-23)12-16-6-7-18(27-16)26-15-4-2-1-3-5-15/h1-7,14H,8-13H2. The van der Waals surface area contributed by atoms with Gasteiger partial charge in [-0.2, -0.15) is 0 Å². The Hall–Kier alpha value is -3.20. The van der Waals surface area contributed by atoms with Crippen molar-refractivity contribution in [2.24, 2.45) is 0 Å². The zero-order valence-corrected chi connectivity index (χ0v) is 14.8. The molecule has 0 N–H and O–H groups in total. The second kappa shape index (κ2) is 8.00. The van der Waals surface area contributed by atoms with Crippen molar-refractivity contribution in [3.8, 4) is 11.7 Å². The summed E-state index contributed by atoms with van der Waals surface area (Å²) in [5, 5.41) is 10.8. The zero-order chi connectivity index (χ0) is 18.5. The molecule has 0 bridgehead atoms. The number of aromatic nitrogens is 4. The molecule has 1 amide bonds. The first-order valence-corrected chi connectivity index (χ1v) is 8.79. The zero-order valence-electron chi connectivity index (χ0n) is 14.8. The van der Waals surface area contributed by atoms with E-state index in [-0.39, 0.29) is 12.5 Å². The van der Waals surface area contributed by atoms with E-state index in [0.29, 0.717) is 25.6 Å². The molecule has 0 aliphatic carbocycles. The first-order valence-electron chi connectivity index (χ1n) is 8.79. The van der Waals surface area contributed by atoms with Crippen molar-refractivity contribution in [1.82, 2.24) is 30.0 Å². The molecular weight excluding hydrogens is 348 g/mol. The molecule has 0 radical (unpaired) electrons. The SMILES string of the molecule is O=C(Cn1cnnn1)N1CCN(Cc2ccc(Oc3ccccc3)o2)CC1. The molecule has 1 aromatic carbocycles. The number of rotatable bonds is 6. The molecule has 1 aliphatic heterocycles. The van der Waals surface area contributed by atoms with Gasteiger partial charge >= 0.3 is 0 Å². The van der Waals surface area contributed by atoms with Crippen LogP contribution in [0.2, 0.25) is 0 Å². The summed E-state index contributed by atoms with van der Waals surface area (Å²) in [5.41, 5.74) is 0. The quantitative estimate of drug-likeness (QED) is 0.650. The van der Waals surface area contributed by atoms with Gasteiger partial charge in [0.2, 0.25) is 5.91 Å². The minimum Gasteiger partial charge on any atom is -0.429 e. The Morgan fingerprint density at radius 1 is 1.07 bits per heavy atom. The fourth-order valence-corrected chi connectivity index (χ4v) is 2.97. The number of piperazine rings is 1. The van der Waals surface area contributed by atoms with Crippen molar-refractivity contribution >= 4 is 5.91 Å². The number of carbonyl (C=O) groups excluding carboxylic acids is 1. The normalized spacial score (nSPS) is 15.0. The lowest BCUT2D eigenvalue weighted by atomic mass is 10.3. The highest BCUT2D eigenvalue weighted by atomic mass is 16.6. The van der Waals surface area contributed by atoms with E-state index < -0.39 is 0 Å². The van der Waals surface area contributed by atoms with E-state index in [2.05, 4.69) is 20.4 Å². The molecule has 4 rings (SSSR count). The molecule has 2 aromatic heterocycles. The van der Waals surface area contributed by atoms with Gasteiger partial charge in [0.1, 0.15) is 24.4 Å². The minimum atomic E-state index is 0.0264. The van der Waals surface area contributed by atoms with Gasteiger partial charge < -0.3 is 14.1 Å². The fraction of sp³-hybridized carbons (Fsp3) is 0.333. The van der Waals surface area contributed by atoms with Gasteiger partial charge in [-0.05, 0) is 28.6 Å². The second-order valence-electron chi connectivity index (χ2n) is 6.30. The molecule has 3 aromatic rings. The van der Waals surface area contributed by atoms with Crippen molar-refractivity contribution in [1.29, 1.82) is 0 Å². The molecule has 27 heavy (non-hydrogen) atoms. The summed E-state index contributed by atoms with van der Waals surface area (Å²) in [6.07, 6.45) is 1.44. The maximum atomic E-state index is 12.3. The third kappa shape index (κ3) is 4.50. The average Bonchev–Trinajstić information content (AvgIpc) is 3.35. The smallest absolute Gasteiger partial charge is 0.290 e. The maximum Gasteiger partial charge on any atom is 0.290 e. The Morgan fingerprint density at radius 3 is 2.63 bits per heavy atom. The van der Waals surface area contributed by atoms with E-state index >= 15 is 0 Å². The van der Waals surface area contributed by atoms with Crippen LogP contribution in [0.3, 0.4) is 0 Å². The molecular formula is C18H20N6O3. The van der Waals surface area contributed by atoms with Crippen LogP contribution in [0, 0.1) is 0 Å². The van der Waals surface area contributed by atoms with Crippen molar-refractivity contribution in [3.05, 3.63) is 54.6 Å². The number of amides is 1. The van der Waals surface area contributed by atoms with E-state index in [1.807, 2.05) is 47.4 Å². The Kier molecular flexibility index (Phi) is 5.10. The molecule has 0 atom stereocenters. The summed E-state index contributed by atoms with van der Waals surface area (Å²) in [6, 6.07) is 13.3. The second-order valence-corrected chi connectivity index (χ2v) is 6.30. The number of tetrazole rings is 1. The highest BCUT2D eigenvalue weighted by molar-refractivity contribution is 5.75. The van der Waals surface area contributed by atoms with Gasteiger partial charge in [0.05, 0.1) is 6.54 Å². The fourth-order valence-electron chi connectivity index (χ4n) is 2.97. The highest BCUT2D eigenvalue weighted by Gasteiger charge is 2.22. The predicted octanol–water partition coefficient (Wildman–Crippen LogP) is 1.40. The summed E-state index contributed by atoms with van der Waals surface area (Å²) in [7, 11) is 0. The summed E-state index contributed by atoms with van der Waals surface area (Å²) < 4.78 is 12.9. The van der Waals surface area contributed by atoms with E-state index in [1.165, 1.54) is 11.0 Å². The maximum absolute atomic E-state index is 12.3. The molecule has 0 saturated carbocycles. The molecule has 1 fully saturated rings. The summed E-state index contributed by atoms with van der Waals surface area (Å²) in [4.78, 5) is 16.4. The van der Waals surface area contributed by atoms with Crippen molar-refractivity contribution in [3.63, 3.8) is 0 Å². The van der Waals surface area contributed by atoms with Crippen LogP contribution in [0.5, 0.6) is 11.7 Å². The molecule has 9 heteroatoms. The lowest BCUT2D eigenvalue weighted by Crippen LogP contribution is -2.49. The summed E-state index contributed by atoms with van der Waals surface area (Å²) in [5.74, 6) is 2.09. The van der Waals surface area contributed by atoms with Crippen LogP contribution in [0.15, 0.2) is 53.2 Å². The molecule has 9 nitrogen and oxygen atoms in total. The van der Waals surface area contributed by atoms with Crippen LogP contribution in [0.4, 0.5) is 0 Å². The first kappa shape index (κ1) is 17.2. The molecule has 140 valence electrons. The van der Waals surface area contributed by atoms with Crippen LogP contribution in [-0.4, -0.2) is 62.1 Å². The number of carbonyl (C=O) groups is 1. The lowest BCUT2D eigenvalue weighted by Gasteiger charge is -2.34. The molecule has 1 aliphatic rings. The number of benzene rings is 1. The lowest BCUT2D eigenvalue weighted by molar-refractivity contribution is -0.133. The van der Waals surface area contributed by atoms with Crippen molar-refractivity contribution in [2.75, 3.05) is 26.2 Å². The molecule has 0 spiro atoms. The Bertz CT molecular complexity index is 856. The third-order valence-electron chi connectivity index (χ3n) is 4.39. The Morgan fingerprint density at radius 2 is 1.89 bits per heavy atom. The van der Waals surface area contributed by atoms with Gasteiger partial charge in [-0.25, -0.2) is 4.68 Å². The van der Waals surface area contributed by atoms with Crippen LogP contribution in [0.1, 0.15) is 5.76 Å². The van der Waals surface area contributed by atoms with E-state index in [4.69, 9.17) is 9.15 Å².